The van der Waals surface area contributed by atoms with E-state index in [0.717, 1.165) is 5.56 Å². The number of carbonyl (C=O) groups excluding carboxylic acids is 1. The molecule has 0 spiro atoms. The third kappa shape index (κ3) is 3.37. The molecule has 6 heteroatoms. The summed E-state index contributed by atoms with van der Waals surface area (Å²) in [6.45, 7) is 0.661. The van der Waals surface area contributed by atoms with E-state index in [9.17, 15) is 13.2 Å². The van der Waals surface area contributed by atoms with Gasteiger partial charge < -0.3 is 10.1 Å². The highest BCUT2D eigenvalue weighted by atomic mass is 32.2. The molecule has 2 rings (SSSR count). The normalized spacial score (nSPS) is 20.1. The lowest BCUT2D eigenvalue weighted by molar-refractivity contribution is -0.140. The maximum atomic E-state index is 12.0. The summed E-state index contributed by atoms with van der Waals surface area (Å²) >= 11 is 0. The highest BCUT2D eigenvalue weighted by Gasteiger charge is 2.29. The number of benzene rings is 1. The largest absolute Gasteiger partial charge is 0.469 e. The molecule has 1 aromatic carbocycles. The van der Waals surface area contributed by atoms with Crippen LogP contribution in [0.3, 0.4) is 0 Å². The van der Waals surface area contributed by atoms with Crippen LogP contribution in [0.1, 0.15) is 30.9 Å². The molecular formula is C14H19NO4S. The molecule has 1 unspecified atom stereocenters. The van der Waals surface area contributed by atoms with Crippen LogP contribution in [-0.4, -0.2) is 33.8 Å². The van der Waals surface area contributed by atoms with Gasteiger partial charge in [-0.05, 0) is 31.0 Å². The Hall–Kier alpha value is -1.40. The molecule has 0 radical (unpaired) electrons. The number of methoxy groups -OCH3 is 1. The minimum absolute atomic E-state index is 0.0346. The van der Waals surface area contributed by atoms with Crippen LogP contribution in [0.4, 0.5) is 0 Å². The zero-order chi connectivity index (χ0) is 14.6. The van der Waals surface area contributed by atoms with E-state index < -0.39 is 9.84 Å². The summed E-state index contributed by atoms with van der Waals surface area (Å²) in [5.41, 5.74) is 0.830. The molecule has 5 nitrogen and oxygen atoms in total. The smallest absolute Gasteiger partial charge is 0.305 e. The number of fused-ring (bicyclic) bond motifs is 1. The standard InChI is InChI=1S/C14H19NO4S/c1-19-14(16)7-4-9-15-12-8-10-20(17,18)13-6-3-2-5-11(12)13/h2-3,5-6,12,15H,4,7-10H2,1H3. The summed E-state index contributed by atoms with van der Waals surface area (Å²) in [5, 5.41) is 3.32. The van der Waals surface area contributed by atoms with Gasteiger partial charge in [0.2, 0.25) is 0 Å². The van der Waals surface area contributed by atoms with Gasteiger partial charge in [0, 0.05) is 12.5 Å². The zero-order valence-electron chi connectivity index (χ0n) is 11.5. The molecule has 0 saturated carbocycles. The molecule has 0 bridgehead atoms. The average Bonchev–Trinajstić information content (AvgIpc) is 2.45. The van der Waals surface area contributed by atoms with Crippen molar-refractivity contribution in [2.45, 2.75) is 30.2 Å². The quantitative estimate of drug-likeness (QED) is 0.658. The first kappa shape index (κ1) is 15.0. The first-order valence-electron chi connectivity index (χ1n) is 6.66. The summed E-state index contributed by atoms with van der Waals surface area (Å²) in [5.74, 6) is -0.0583. The van der Waals surface area contributed by atoms with E-state index in [0.29, 0.717) is 30.7 Å². The number of ether oxygens (including phenoxy) is 1. The Balaban J connectivity index is 1.99. The molecule has 0 saturated heterocycles. The van der Waals surface area contributed by atoms with Gasteiger partial charge in [-0.3, -0.25) is 4.79 Å². The van der Waals surface area contributed by atoms with Gasteiger partial charge in [0.15, 0.2) is 9.84 Å². The Kier molecular flexibility index (Phi) is 4.77. The first-order valence-corrected chi connectivity index (χ1v) is 8.31. The second kappa shape index (κ2) is 6.37. The highest BCUT2D eigenvalue weighted by Crippen LogP contribution is 2.31. The molecule has 1 aromatic rings. The third-order valence-electron chi connectivity index (χ3n) is 3.48. The topological polar surface area (TPSA) is 72.5 Å². The minimum atomic E-state index is -3.14. The maximum absolute atomic E-state index is 12.0. The molecule has 0 fully saturated rings. The van der Waals surface area contributed by atoms with Crippen molar-refractivity contribution in [2.24, 2.45) is 0 Å². The van der Waals surface area contributed by atoms with Crippen molar-refractivity contribution in [3.8, 4) is 0 Å². The number of hydrogen-bond donors (Lipinski definition) is 1. The third-order valence-corrected chi connectivity index (χ3v) is 5.30. The van der Waals surface area contributed by atoms with E-state index in [1.165, 1.54) is 7.11 Å². The van der Waals surface area contributed by atoms with Crippen LogP contribution in [0.15, 0.2) is 29.2 Å². The van der Waals surface area contributed by atoms with E-state index in [2.05, 4.69) is 10.1 Å². The van der Waals surface area contributed by atoms with Gasteiger partial charge >= 0.3 is 5.97 Å². The van der Waals surface area contributed by atoms with Gasteiger partial charge in [0.25, 0.3) is 0 Å². The Labute approximate surface area is 119 Å². The fraction of sp³-hybridized carbons (Fsp3) is 0.500. The van der Waals surface area contributed by atoms with Crippen molar-refractivity contribution in [3.05, 3.63) is 29.8 Å². The van der Waals surface area contributed by atoms with Crippen LogP contribution in [0.5, 0.6) is 0 Å². The highest BCUT2D eigenvalue weighted by molar-refractivity contribution is 7.91. The summed E-state index contributed by atoms with van der Waals surface area (Å²) in [7, 11) is -1.76. The summed E-state index contributed by atoms with van der Waals surface area (Å²) < 4.78 is 28.6. The van der Waals surface area contributed by atoms with Gasteiger partial charge in [0.1, 0.15) is 0 Å². The SMILES string of the molecule is COC(=O)CCCNC1CCS(=O)(=O)c2ccccc21. The number of nitrogens with one attached hydrogen (secondary N) is 1. The number of hydrogen-bond acceptors (Lipinski definition) is 5. The van der Waals surface area contributed by atoms with Gasteiger partial charge in [0.05, 0.1) is 17.8 Å². The Morgan fingerprint density at radius 1 is 1.40 bits per heavy atom. The van der Waals surface area contributed by atoms with Gasteiger partial charge in [-0.15, -0.1) is 0 Å². The number of esters is 1. The molecular weight excluding hydrogens is 278 g/mol. The number of carbonyl (C=O) groups is 1. The van der Waals surface area contributed by atoms with Crippen LogP contribution < -0.4 is 5.32 Å². The van der Waals surface area contributed by atoms with E-state index >= 15 is 0 Å². The zero-order valence-corrected chi connectivity index (χ0v) is 12.3. The molecule has 1 N–H and O–H groups in total. The first-order chi connectivity index (χ1) is 9.54. The molecule has 1 aliphatic heterocycles. The summed E-state index contributed by atoms with van der Waals surface area (Å²) in [6, 6.07) is 7.14. The molecule has 0 amide bonds. The van der Waals surface area contributed by atoms with E-state index in [4.69, 9.17) is 0 Å². The molecule has 1 atom stereocenters. The van der Waals surface area contributed by atoms with Crippen molar-refractivity contribution < 1.29 is 17.9 Å². The van der Waals surface area contributed by atoms with Crippen LogP contribution >= 0.6 is 0 Å². The lowest BCUT2D eigenvalue weighted by Crippen LogP contribution is -2.30. The van der Waals surface area contributed by atoms with Crippen LogP contribution in [0.2, 0.25) is 0 Å². The summed E-state index contributed by atoms with van der Waals surface area (Å²) in [6.07, 6.45) is 1.62. The van der Waals surface area contributed by atoms with Gasteiger partial charge in [-0.2, -0.15) is 0 Å². The minimum Gasteiger partial charge on any atom is -0.469 e. The second-order valence-corrected chi connectivity index (χ2v) is 6.91. The van der Waals surface area contributed by atoms with Crippen molar-refractivity contribution in [1.29, 1.82) is 0 Å². The molecule has 0 aliphatic carbocycles. The average molecular weight is 297 g/mol. The van der Waals surface area contributed by atoms with E-state index in [1.807, 2.05) is 12.1 Å². The van der Waals surface area contributed by atoms with E-state index in [1.54, 1.807) is 12.1 Å². The monoisotopic (exact) mass is 297 g/mol. The number of sulfone groups is 1. The van der Waals surface area contributed by atoms with Crippen molar-refractivity contribution >= 4 is 15.8 Å². The molecule has 110 valence electrons. The Morgan fingerprint density at radius 3 is 2.90 bits per heavy atom. The van der Waals surface area contributed by atoms with Gasteiger partial charge in [-0.25, -0.2) is 8.42 Å². The Bertz CT molecular complexity index is 583. The van der Waals surface area contributed by atoms with Gasteiger partial charge in [-0.1, -0.05) is 18.2 Å². The second-order valence-electron chi connectivity index (χ2n) is 4.83. The van der Waals surface area contributed by atoms with E-state index in [-0.39, 0.29) is 17.8 Å². The van der Waals surface area contributed by atoms with Crippen LogP contribution in [0.25, 0.3) is 0 Å². The predicted octanol–water partition coefficient (Wildman–Crippen LogP) is 1.45. The van der Waals surface area contributed by atoms with Crippen LogP contribution in [-0.2, 0) is 19.4 Å². The van der Waals surface area contributed by atoms with Crippen molar-refractivity contribution in [3.63, 3.8) is 0 Å². The van der Waals surface area contributed by atoms with Crippen molar-refractivity contribution in [1.82, 2.24) is 5.32 Å². The number of rotatable bonds is 5. The fourth-order valence-corrected chi connectivity index (χ4v) is 4.03. The lowest BCUT2D eigenvalue weighted by atomic mass is 10.0. The molecule has 20 heavy (non-hydrogen) atoms. The Morgan fingerprint density at radius 2 is 2.15 bits per heavy atom. The van der Waals surface area contributed by atoms with Crippen LogP contribution in [0, 0.1) is 0 Å². The fourth-order valence-electron chi connectivity index (χ4n) is 2.41. The predicted molar refractivity (Wildman–Crippen MR) is 75.1 cm³/mol. The summed E-state index contributed by atoms with van der Waals surface area (Å²) in [4.78, 5) is 11.4. The van der Waals surface area contributed by atoms with Crippen molar-refractivity contribution in [2.75, 3.05) is 19.4 Å². The molecule has 0 aromatic heterocycles. The lowest BCUT2D eigenvalue weighted by Gasteiger charge is -2.26. The maximum Gasteiger partial charge on any atom is 0.305 e. The molecule has 1 aliphatic rings. The molecule has 1 heterocycles.